The molecule has 2 N–H and O–H groups in total. The third kappa shape index (κ3) is 12.0. The molecule has 0 spiro atoms. The lowest BCUT2D eigenvalue weighted by Crippen LogP contribution is -1.97. The third-order valence-electron chi connectivity index (χ3n) is 1.09. The standard InChI is InChI=1S/C6H14BrN.ClH/c7-5-3-1-2-4-6-8;/h1-6,8H2;1H. The summed E-state index contributed by atoms with van der Waals surface area (Å²) < 4.78 is 0. The molecule has 0 saturated carbocycles. The van der Waals surface area contributed by atoms with Gasteiger partial charge in [-0.05, 0) is 19.4 Å². The van der Waals surface area contributed by atoms with Gasteiger partial charge in [0.2, 0.25) is 0 Å². The number of alkyl halides is 1. The Hall–Kier alpha value is 0.730. The monoisotopic (exact) mass is 215 g/mol. The lowest BCUT2D eigenvalue weighted by atomic mass is 10.2. The van der Waals surface area contributed by atoms with Gasteiger partial charge in [0.1, 0.15) is 0 Å². The van der Waals surface area contributed by atoms with Crippen LogP contribution in [0.3, 0.4) is 0 Å². The maximum absolute atomic E-state index is 5.30. The fourth-order valence-corrected chi connectivity index (χ4v) is 0.989. The maximum atomic E-state index is 5.30. The van der Waals surface area contributed by atoms with E-state index in [2.05, 4.69) is 15.9 Å². The summed E-state index contributed by atoms with van der Waals surface area (Å²) in [5, 5.41) is 1.14. The van der Waals surface area contributed by atoms with Gasteiger partial charge in [0.15, 0.2) is 0 Å². The number of rotatable bonds is 5. The van der Waals surface area contributed by atoms with Gasteiger partial charge < -0.3 is 5.73 Å². The van der Waals surface area contributed by atoms with Crippen LogP contribution in [0, 0.1) is 0 Å². The average molecular weight is 217 g/mol. The minimum Gasteiger partial charge on any atom is -0.330 e. The molecule has 3 heteroatoms. The molecule has 0 bridgehead atoms. The Balaban J connectivity index is 0. The molecule has 0 atom stereocenters. The summed E-state index contributed by atoms with van der Waals surface area (Å²) in [7, 11) is 0. The molecule has 0 unspecified atom stereocenters. The zero-order valence-corrected chi connectivity index (χ0v) is 8.01. The topological polar surface area (TPSA) is 26.0 Å². The first-order valence-electron chi connectivity index (χ1n) is 3.18. The summed E-state index contributed by atoms with van der Waals surface area (Å²) in [5.41, 5.74) is 5.30. The smallest absolute Gasteiger partial charge is 0.00313 e. The molecule has 9 heavy (non-hydrogen) atoms. The molecule has 0 aliphatic rings. The second-order valence-electron chi connectivity index (χ2n) is 1.89. The van der Waals surface area contributed by atoms with Crippen molar-refractivity contribution in [1.82, 2.24) is 0 Å². The average Bonchev–Trinajstić information content (AvgIpc) is 1.81. The molecule has 58 valence electrons. The van der Waals surface area contributed by atoms with Gasteiger partial charge in [-0.15, -0.1) is 12.4 Å². The Labute approximate surface area is 71.9 Å². The minimum absolute atomic E-state index is 0. The summed E-state index contributed by atoms with van der Waals surface area (Å²) in [4.78, 5) is 0. The normalized spacial score (nSPS) is 8.67. The number of halogens is 2. The SMILES string of the molecule is Cl.NCCCCCCBr. The lowest BCUT2D eigenvalue weighted by molar-refractivity contribution is 0.679. The fraction of sp³-hybridized carbons (Fsp3) is 1.00. The van der Waals surface area contributed by atoms with Gasteiger partial charge in [0, 0.05) is 5.33 Å². The Bertz CT molecular complexity index is 38.0. The highest BCUT2D eigenvalue weighted by Crippen LogP contribution is 1.99. The molecular weight excluding hydrogens is 201 g/mol. The van der Waals surface area contributed by atoms with Gasteiger partial charge in [-0.2, -0.15) is 0 Å². The van der Waals surface area contributed by atoms with E-state index in [-0.39, 0.29) is 12.4 Å². The van der Waals surface area contributed by atoms with Crippen LogP contribution in [0.5, 0.6) is 0 Å². The molecule has 0 aliphatic heterocycles. The van der Waals surface area contributed by atoms with Crippen LogP contribution in [0.2, 0.25) is 0 Å². The van der Waals surface area contributed by atoms with E-state index in [1.54, 1.807) is 0 Å². The van der Waals surface area contributed by atoms with Crippen molar-refractivity contribution in [1.29, 1.82) is 0 Å². The van der Waals surface area contributed by atoms with Crippen LogP contribution in [0.25, 0.3) is 0 Å². The lowest BCUT2D eigenvalue weighted by Gasteiger charge is -1.93. The van der Waals surface area contributed by atoms with Crippen molar-refractivity contribution in [2.45, 2.75) is 25.7 Å². The summed E-state index contributed by atoms with van der Waals surface area (Å²) in [6, 6.07) is 0. The van der Waals surface area contributed by atoms with Crippen molar-refractivity contribution in [2.24, 2.45) is 5.73 Å². The van der Waals surface area contributed by atoms with Crippen LogP contribution >= 0.6 is 28.3 Å². The zero-order valence-electron chi connectivity index (χ0n) is 5.61. The minimum atomic E-state index is 0. The highest BCUT2D eigenvalue weighted by molar-refractivity contribution is 9.09. The predicted molar refractivity (Wildman–Crippen MR) is 48.6 cm³/mol. The van der Waals surface area contributed by atoms with Crippen LogP contribution in [0.15, 0.2) is 0 Å². The largest absolute Gasteiger partial charge is 0.330 e. The van der Waals surface area contributed by atoms with Gasteiger partial charge in [-0.1, -0.05) is 28.8 Å². The van der Waals surface area contributed by atoms with E-state index >= 15 is 0 Å². The highest BCUT2D eigenvalue weighted by Gasteiger charge is 1.84. The van der Waals surface area contributed by atoms with Gasteiger partial charge in [0.05, 0.1) is 0 Å². The van der Waals surface area contributed by atoms with Crippen LogP contribution < -0.4 is 5.73 Å². The van der Waals surface area contributed by atoms with E-state index in [9.17, 15) is 0 Å². The third-order valence-corrected chi connectivity index (χ3v) is 1.65. The molecule has 0 aromatic heterocycles. The van der Waals surface area contributed by atoms with E-state index in [1.807, 2.05) is 0 Å². The van der Waals surface area contributed by atoms with E-state index in [0.717, 1.165) is 11.9 Å². The number of hydrogen-bond acceptors (Lipinski definition) is 1. The van der Waals surface area contributed by atoms with Gasteiger partial charge in [-0.3, -0.25) is 0 Å². The van der Waals surface area contributed by atoms with Crippen molar-refractivity contribution in [2.75, 3.05) is 11.9 Å². The number of unbranched alkanes of at least 4 members (excludes halogenated alkanes) is 3. The van der Waals surface area contributed by atoms with E-state index in [0.29, 0.717) is 0 Å². The Kier molecular flexibility index (Phi) is 15.9. The van der Waals surface area contributed by atoms with Crippen LogP contribution in [-0.2, 0) is 0 Å². The second kappa shape index (κ2) is 11.5. The van der Waals surface area contributed by atoms with Gasteiger partial charge >= 0.3 is 0 Å². The second-order valence-corrected chi connectivity index (χ2v) is 2.68. The van der Waals surface area contributed by atoms with Crippen LogP contribution in [0.1, 0.15) is 25.7 Å². The Morgan fingerprint density at radius 1 is 1.00 bits per heavy atom. The molecule has 0 aromatic rings. The summed E-state index contributed by atoms with van der Waals surface area (Å²) in [6.07, 6.45) is 5.09. The first-order valence-corrected chi connectivity index (χ1v) is 4.30. The Morgan fingerprint density at radius 2 is 1.56 bits per heavy atom. The van der Waals surface area contributed by atoms with Crippen molar-refractivity contribution >= 4 is 28.3 Å². The molecule has 0 saturated heterocycles. The predicted octanol–water partition coefficient (Wildman–Crippen LogP) is 2.32. The van der Waals surface area contributed by atoms with Gasteiger partial charge in [-0.25, -0.2) is 0 Å². The maximum Gasteiger partial charge on any atom is 0.00313 e. The summed E-state index contributed by atoms with van der Waals surface area (Å²) in [6.45, 7) is 0.849. The molecule has 0 fully saturated rings. The zero-order chi connectivity index (χ0) is 6.24. The molecule has 1 nitrogen and oxygen atoms in total. The molecule has 0 amide bonds. The number of nitrogens with two attached hydrogens (primary N) is 1. The summed E-state index contributed by atoms with van der Waals surface area (Å²) >= 11 is 3.37. The number of hydrogen-bond donors (Lipinski definition) is 1. The highest BCUT2D eigenvalue weighted by atomic mass is 79.9. The van der Waals surface area contributed by atoms with Crippen LogP contribution in [-0.4, -0.2) is 11.9 Å². The molecule has 0 aromatic carbocycles. The van der Waals surface area contributed by atoms with Crippen molar-refractivity contribution in [3.63, 3.8) is 0 Å². The molecule has 0 radical (unpaired) electrons. The van der Waals surface area contributed by atoms with E-state index < -0.39 is 0 Å². The van der Waals surface area contributed by atoms with Gasteiger partial charge in [0.25, 0.3) is 0 Å². The Morgan fingerprint density at radius 3 is 2.00 bits per heavy atom. The molecule has 0 heterocycles. The van der Waals surface area contributed by atoms with Crippen molar-refractivity contribution < 1.29 is 0 Å². The fourth-order valence-electron chi connectivity index (χ4n) is 0.592. The van der Waals surface area contributed by atoms with E-state index in [4.69, 9.17) is 5.73 Å². The van der Waals surface area contributed by atoms with Crippen molar-refractivity contribution in [3.05, 3.63) is 0 Å². The molecule has 0 aliphatic carbocycles. The molecular formula is C6H15BrClN. The van der Waals surface area contributed by atoms with Crippen molar-refractivity contribution in [3.8, 4) is 0 Å². The first-order chi connectivity index (χ1) is 3.91. The molecule has 0 rings (SSSR count). The first kappa shape index (κ1) is 12.4. The van der Waals surface area contributed by atoms with E-state index in [1.165, 1.54) is 25.7 Å². The quantitative estimate of drug-likeness (QED) is 0.554. The summed E-state index contributed by atoms with van der Waals surface area (Å²) in [5.74, 6) is 0. The van der Waals surface area contributed by atoms with Crippen LogP contribution in [0.4, 0.5) is 0 Å².